The first-order valence-corrected chi connectivity index (χ1v) is 8.86. The van der Waals surface area contributed by atoms with Crippen LogP contribution in [0.5, 0.6) is 5.75 Å². The lowest BCUT2D eigenvalue weighted by atomic mass is 10.2. The summed E-state index contributed by atoms with van der Waals surface area (Å²) in [5, 5.41) is 15.2. The maximum absolute atomic E-state index is 11.8. The van der Waals surface area contributed by atoms with Crippen molar-refractivity contribution in [3.05, 3.63) is 42.0 Å². The standard InChI is InChI=1S/C17H24N2O3S/c1-2-3-4-9-16(21)18-10-12-23-13-11-19-17(22)14-7-5-6-8-15(14)20/h3-8,20H,2,9-13H2,1H3,(H,18,21)(H,19,22)/b4-3-. The smallest absolute Gasteiger partial charge is 0.255 e. The third-order valence-electron chi connectivity index (χ3n) is 2.95. The largest absolute Gasteiger partial charge is 0.507 e. The number of aromatic hydroxyl groups is 1. The monoisotopic (exact) mass is 336 g/mol. The van der Waals surface area contributed by atoms with Gasteiger partial charge in [-0.2, -0.15) is 11.8 Å². The minimum atomic E-state index is -0.278. The van der Waals surface area contributed by atoms with Crippen molar-refractivity contribution < 1.29 is 14.7 Å². The van der Waals surface area contributed by atoms with Crippen molar-refractivity contribution >= 4 is 23.6 Å². The molecule has 0 aromatic heterocycles. The Morgan fingerprint density at radius 1 is 1.13 bits per heavy atom. The van der Waals surface area contributed by atoms with Crippen LogP contribution in [0.15, 0.2) is 36.4 Å². The van der Waals surface area contributed by atoms with Gasteiger partial charge in [-0.25, -0.2) is 0 Å². The number of hydrogen-bond acceptors (Lipinski definition) is 4. The van der Waals surface area contributed by atoms with Crippen LogP contribution in [0.25, 0.3) is 0 Å². The van der Waals surface area contributed by atoms with E-state index in [0.717, 1.165) is 17.9 Å². The second kappa shape index (κ2) is 11.6. The highest BCUT2D eigenvalue weighted by atomic mass is 32.2. The quantitative estimate of drug-likeness (QED) is 0.453. The van der Waals surface area contributed by atoms with E-state index in [1.54, 1.807) is 30.0 Å². The fraction of sp³-hybridized carbons (Fsp3) is 0.412. The van der Waals surface area contributed by atoms with Crippen LogP contribution in [0.3, 0.4) is 0 Å². The minimum Gasteiger partial charge on any atom is -0.507 e. The number of phenols is 1. The van der Waals surface area contributed by atoms with Crippen molar-refractivity contribution in [3.8, 4) is 5.75 Å². The van der Waals surface area contributed by atoms with Crippen LogP contribution in [0.2, 0.25) is 0 Å². The van der Waals surface area contributed by atoms with E-state index >= 15 is 0 Å². The summed E-state index contributed by atoms with van der Waals surface area (Å²) in [6, 6.07) is 6.46. The van der Waals surface area contributed by atoms with Crippen molar-refractivity contribution in [1.82, 2.24) is 10.6 Å². The lowest BCUT2D eigenvalue weighted by Gasteiger charge is -2.07. The van der Waals surface area contributed by atoms with Crippen molar-refractivity contribution in [2.75, 3.05) is 24.6 Å². The van der Waals surface area contributed by atoms with Gasteiger partial charge in [0.15, 0.2) is 0 Å². The number of carbonyl (C=O) groups excluding carboxylic acids is 2. The molecule has 23 heavy (non-hydrogen) atoms. The summed E-state index contributed by atoms with van der Waals surface area (Å²) in [7, 11) is 0. The van der Waals surface area contributed by atoms with Crippen LogP contribution in [-0.2, 0) is 4.79 Å². The summed E-state index contributed by atoms with van der Waals surface area (Å²) < 4.78 is 0. The van der Waals surface area contributed by atoms with Crippen LogP contribution in [0.4, 0.5) is 0 Å². The van der Waals surface area contributed by atoms with E-state index in [4.69, 9.17) is 0 Å². The Morgan fingerprint density at radius 3 is 2.52 bits per heavy atom. The van der Waals surface area contributed by atoms with Gasteiger partial charge in [0, 0.05) is 31.0 Å². The number of phenolic OH excluding ortho intramolecular Hbond substituents is 1. The van der Waals surface area contributed by atoms with Gasteiger partial charge in [0.2, 0.25) is 5.91 Å². The van der Waals surface area contributed by atoms with E-state index in [2.05, 4.69) is 10.6 Å². The summed E-state index contributed by atoms with van der Waals surface area (Å²) in [6.45, 7) is 3.17. The second-order valence-corrected chi connectivity index (χ2v) is 6.04. The molecule has 0 spiro atoms. The number of hydrogen-bond donors (Lipinski definition) is 3. The lowest BCUT2D eigenvalue weighted by molar-refractivity contribution is -0.120. The molecule has 0 radical (unpaired) electrons. The normalized spacial score (nSPS) is 10.7. The molecule has 1 aromatic carbocycles. The van der Waals surface area contributed by atoms with Gasteiger partial charge in [0.05, 0.1) is 5.56 Å². The molecule has 0 bridgehead atoms. The number of para-hydroxylation sites is 1. The maximum Gasteiger partial charge on any atom is 0.255 e. The van der Waals surface area contributed by atoms with Crippen molar-refractivity contribution in [2.24, 2.45) is 0 Å². The van der Waals surface area contributed by atoms with Gasteiger partial charge in [-0.1, -0.05) is 31.2 Å². The molecule has 126 valence electrons. The highest BCUT2D eigenvalue weighted by Gasteiger charge is 2.08. The number of allylic oxidation sites excluding steroid dienone is 1. The molecule has 0 fully saturated rings. The van der Waals surface area contributed by atoms with Gasteiger partial charge >= 0.3 is 0 Å². The topological polar surface area (TPSA) is 78.4 Å². The molecule has 5 nitrogen and oxygen atoms in total. The van der Waals surface area contributed by atoms with E-state index in [0.29, 0.717) is 19.5 Å². The Balaban J connectivity index is 2.05. The lowest BCUT2D eigenvalue weighted by Crippen LogP contribution is -2.27. The summed E-state index contributed by atoms with van der Waals surface area (Å²) in [6.07, 6.45) is 5.21. The van der Waals surface area contributed by atoms with E-state index < -0.39 is 0 Å². The van der Waals surface area contributed by atoms with Gasteiger partial charge in [-0.05, 0) is 18.6 Å². The van der Waals surface area contributed by atoms with Crippen LogP contribution >= 0.6 is 11.8 Å². The number of nitrogens with one attached hydrogen (secondary N) is 2. The SMILES string of the molecule is CC/C=C\CC(=O)NCCSCCNC(=O)c1ccccc1O. The van der Waals surface area contributed by atoms with Crippen molar-refractivity contribution in [2.45, 2.75) is 19.8 Å². The Labute approximate surface area is 141 Å². The molecule has 0 aliphatic heterocycles. The maximum atomic E-state index is 11.8. The number of carbonyl (C=O) groups is 2. The third-order valence-corrected chi connectivity index (χ3v) is 3.94. The molecule has 0 unspecified atom stereocenters. The third kappa shape index (κ3) is 8.30. The van der Waals surface area contributed by atoms with Gasteiger partial charge in [-0.3, -0.25) is 9.59 Å². The van der Waals surface area contributed by atoms with Gasteiger partial charge in [0.1, 0.15) is 5.75 Å². The molecule has 0 atom stereocenters. The van der Waals surface area contributed by atoms with Gasteiger partial charge < -0.3 is 15.7 Å². The Kier molecular flexibility index (Phi) is 9.63. The van der Waals surface area contributed by atoms with Crippen molar-refractivity contribution in [1.29, 1.82) is 0 Å². The van der Waals surface area contributed by atoms with Gasteiger partial charge in [-0.15, -0.1) is 0 Å². The average Bonchev–Trinajstić information content (AvgIpc) is 2.54. The first-order valence-electron chi connectivity index (χ1n) is 7.70. The Morgan fingerprint density at radius 2 is 1.83 bits per heavy atom. The van der Waals surface area contributed by atoms with Crippen LogP contribution < -0.4 is 10.6 Å². The fourth-order valence-electron chi connectivity index (χ4n) is 1.79. The van der Waals surface area contributed by atoms with Gasteiger partial charge in [0.25, 0.3) is 5.91 Å². The van der Waals surface area contributed by atoms with E-state index in [-0.39, 0.29) is 23.1 Å². The molecule has 2 amide bonds. The molecule has 1 rings (SSSR count). The first kappa shape index (κ1) is 19.1. The van der Waals surface area contributed by atoms with E-state index in [1.807, 2.05) is 19.1 Å². The fourth-order valence-corrected chi connectivity index (χ4v) is 2.49. The summed E-state index contributed by atoms with van der Waals surface area (Å²) in [5.74, 6) is 1.29. The zero-order valence-corrected chi connectivity index (χ0v) is 14.2. The van der Waals surface area contributed by atoms with Crippen LogP contribution in [0.1, 0.15) is 30.1 Å². The van der Waals surface area contributed by atoms with Crippen LogP contribution in [-0.4, -0.2) is 41.5 Å². The minimum absolute atomic E-state index is 0.0162. The summed E-state index contributed by atoms with van der Waals surface area (Å²) in [4.78, 5) is 23.3. The molecular weight excluding hydrogens is 312 g/mol. The highest BCUT2D eigenvalue weighted by Crippen LogP contribution is 2.14. The van der Waals surface area contributed by atoms with E-state index in [9.17, 15) is 14.7 Å². The Bertz CT molecular complexity index is 532. The summed E-state index contributed by atoms with van der Waals surface area (Å²) in [5.41, 5.74) is 0.282. The number of thioether (sulfide) groups is 1. The van der Waals surface area contributed by atoms with Crippen LogP contribution in [0, 0.1) is 0 Å². The molecule has 0 aliphatic rings. The zero-order valence-electron chi connectivity index (χ0n) is 13.4. The predicted octanol–water partition coefficient (Wildman–Crippen LogP) is 2.33. The molecule has 3 N–H and O–H groups in total. The first-order chi connectivity index (χ1) is 11.1. The summed E-state index contributed by atoms with van der Waals surface area (Å²) >= 11 is 1.65. The molecule has 0 aliphatic carbocycles. The molecule has 0 heterocycles. The highest BCUT2D eigenvalue weighted by molar-refractivity contribution is 7.99. The average molecular weight is 336 g/mol. The molecule has 0 saturated carbocycles. The number of rotatable bonds is 10. The molecule has 0 saturated heterocycles. The number of amides is 2. The second-order valence-electron chi connectivity index (χ2n) is 4.82. The number of benzene rings is 1. The zero-order chi connectivity index (χ0) is 16.9. The van der Waals surface area contributed by atoms with E-state index in [1.165, 1.54) is 6.07 Å². The predicted molar refractivity (Wildman–Crippen MR) is 94.8 cm³/mol. The van der Waals surface area contributed by atoms with Crippen molar-refractivity contribution in [3.63, 3.8) is 0 Å². The Hall–Kier alpha value is -1.95. The molecular formula is C17H24N2O3S. The molecule has 1 aromatic rings. The molecule has 6 heteroatoms.